The zero-order valence-electron chi connectivity index (χ0n) is 15.1. The van der Waals surface area contributed by atoms with Crippen LogP contribution in [0.3, 0.4) is 0 Å². The molecule has 1 N–H and O–H groups in total. The molecule has 7 heteroatoms. The molecule has 140 valence electrons. The smallest absolute Gasteiger partial charge is 0.263 e. The van der Waals surface area contributed by atoms with Crippen LogP contribution in [0.15, 0.2) is 65.7 Å². The second-order valence-corrected chi connectivity index (χ2v) is 7.75. The van der Waals surface area contributed by atoms with Crippen molar-refractivity contribution in [3.05, 3.63) is 71.3 Å². The number of rotatable bonds is 5. The Morgan fingerprint density at radius 2 is 2.04 bits per heavy atom. The molecule has 1 fully saturated rings. The van der Waals surface area contributed by atoms with Gasteiger partial charge in [-0.25, -0.2) is 4.68 Å². The quantitative estimate of drug-likeness (QED) is 0.501. The predicted molar refractivity (Wildman–Crippen MR) is 116 cm³/mol. The summed E-state index contributed by atoms with van der Waals surface area (Å²) < 4.78 is 7.90. The van der Waals surface area contributed by atoms with Gasteiger partial charge in [-0.2, -0.15) is 5.10 Å². The van der Waals surface area contributed by atoms with Crippen molar-refractivity contribution < 1.29 is 9.53 Å². The Hall–Kier alpha value is -2.90. The van der Waals surface area contributed by atoms with E-state index in [2.05, 4.69) is 5.32 Å². The number of hydrogen-bond donors (Lipinski definition) is 1. The number of para-hydroxylation sites is 1. The summed E-state index contributed by atoms with van der Waals surface area (Å²) >= 11 is 6.36. The number of nitrogens with zero attached hydrogens (tertiary/aromatic N) is 2. The van der Waals surface area contributed by atoms with Gasteiger partial charge in [0.2, 0.25) is 0 Å². The van der Waals surface area contributed by atoms with E-state index in [1.54, 1.807) is 0 Å². The molecule has 0 bridgehead atoms. The molecule has 4 rings (SSSR count). The van der Waals surface area contributed by atoms with Gasteiger partial charge in [0.15, 0.2) is 0 Å². The number of hydrogen-bond acceptors (Lipinski definition) is 5. The average molecular weight is 408 g/mol. The van der Waals surface area contributed by atoms with Gasteiger partial charge in [0, 0.05) is 17.3 Å². The lowest BCUT2D eigenvalue weighted by atomic mass is 10.1. The second kappa shape index (κ2) is 8.00. The minimum absolute atomic E-state index is 0.184. The predicted octanol–water partition coefficient (Wildman–Crippen LogP) is 4.43. The van der Waals surface area contributed by atoms with Crippen molar-refractivity contribution in [1.29, 1.82) is 0 Å². The summed E-state index contributed by atoms with van der Waals surface area (Å²) in [5, 5.41) is 7.43. The van der Waals surface area contributed by atoms with Crippen LogP contribution in [0.25, 0.3) is 23.0 Å². The fourth-order valence-electron chi connectivity index (χ4n) is 2.89. The first kappa shape index (κ1) is 18.5. The van der Waals surface area contributed by atoms with Gasteiger partial charge in [-0.1, -0.05) is 54.3 Å². The molecule has 3 aromatic rings. The van der Waals surface area contributed by atoms with Gasteiger partial charge in [-0.05, 0) is 37.3 Å². The van der Waals surface area contributed by atoms with Crippen molar-refractivity contribution in [1.82, 2.24) is 15.1 Å². The lowest BCUT2D eigenvalue weighted by Crippen LogP contribution is -2.17. The van der Waals surface area contributed by atoms with Crippen molar-refractivity contribution in [2.45, 2.75) is 6.92 Å². The molecule has 0 aliphatic carbocycles. The number of ether oxygens (including phenoxy) is 1. The largest absolute Gasteiger partial charge is 0.494 e. The third-order valence-electron chi connectivity index (χ3n) is 4.11. The summed E-state index contributed by atoms with van der Waals surface area (Å²) in [6, 6.07) is 17.6. The monoisotopic (exact) mass is 407 g/mol. The fraction of sp³-hybridized carbons (Fsp3) is 0.0952. The van der Waals surface area contributed by atoms with Crippen LogP contribution < -0.4 is 10.1 Å². The highest BCUT2D eigenvalue weighted by molar-refractivity contribution is 8.26. The van der Waals surface area contributed by atoms with E-state index in [9.17, 15) is 4.79 Å². The zero-order valence-corrected chi connectivity index (χ0v) is 16.7. The summed E-state index contributed by atoms with van der Waals surface area (Å²) in [7, 11) is 0. The molecule has 1 saturated heterocycles. The van der Waals surface area contributed by atoms with E-state index in [1.165, 1.54) is 11.8 Å². The summed E-state index contributed by atoms with van der Waals surface area (Å²) in [6.07, 6.45) is 3.74. The van der Waals surface area contributed by atoms with Crippen LogP contribution in [0.2, 0.25) is 0 Å². The standard InChI is InChI=1S/C21H17N3O2S2/c1-2-26-17-10-6-7-14(11-17)19-15(12-18-20(25)22-21(27)28-18)13-24(23-19)16-8-4-3-5-9-16/h3-13H,2H2,1H3,(H,22,25,27). The second-order valence-electron chi connectivity index (χ2n) is 6.03. The molecule has 2 aromatic carbocycles. The molecule has 1 amide bonds. The van der Waals surface area contributed by atoms with E-state index in [0.717, 1.165) is 28.3 Å². The highest BCUT2D eigenvalue weighted by Gasteiger charge is 2.23. The van der Waals surface area contributed by atoms with E-state index < -0.39 is 0 Å². The maximum absolute atomic E-state index is 12.1. The van der Waals surface area contributed by atoms with E-state index in [0.29, 0.717) is 15.8 Å². The van der Waals surface area contributed by atoms with Crippen LogP contribution in [-0.2, 0) is 4.79 Å². The molecule has 5 nitrogen and oxygen atoms in total. The highest BCUT2D eigenvalue weighted by Crippen LogP contribution is 2.32. The van der Waals surface area contributed by atoms with Gasteiger partial charge in [0.05, 0.1) is 17.2 Å². The Kier molecular flexibility index (Phi) is 5.27. The van der Waals surface area contributed by atoms with Gasteiger partial charge in [0.1, 0.15) is 15.8 Å². The first-order valence-corrected chi connectivity index (χ1v) is 9.99. The van der Waals surface area contributed by atoms with Gasteiger partial charge in [-0.15, -0.1) is 0 Å². The van der Waals surface area contributed by atoms with Crippen molar-refractivity contribution in [3.63, 3.8) is 0 Å². The number of carbonyl (C=O) groups is 1. The van der Waals surface area contributed by atoms with Crippen LogP contribution in [0.5, 0.6) is 5.75 Å². The van der Waals surface area contributed by atoms with Crippen LogP contribution in [0.4, 0.5) is 0 Å². The molecule has 1 aliphatic heterocycles. The number of amides is 1. The van der Waals surface area contributed by atoms with Crippen LogP contribution >= 0.6 is 24.0 Å². The molecule has 1 aliphatic rings. The lowest BCUT2D eigenvalue weighted by Gasteiger charge is -2.05. The molecule has 28 heavy (non-hydrogen) atoms. The van der Waals surface area contributed by atoms with Crippen molar-refractivity contribution in [3.8, 4) is 22.7 Å². The highest BCUT2D eigenvalue weighted by atomic mass is 32.2. The first-order chi connectivity index (χ1) is 13.6. The van der Waals surface area contributed by atoms with Crippen LogP contribution in [-0.4, -0.2) is 26.6 Å². The average Bonchev–Trinajstić information content (AvgIpc) is 3.26. The fourth-order valence-corrected chi connectivity index (χ4v) is 3.93. The minimum atomic E-state index is -0.184. The van der Waals surface area contributed by atoms with Crippen molar-refractivity contribution in [2.75, 3.05) is 6.61 Å². The maximum Gasteiger partial charge on any atom is 0.263 e. The molecular formula is C21H17N3O2S2. The Balaban J connectivity index is 1.83. The number of benzene rings is 2. The molecule has 0 radical (unpaired) electrons. The zero-order chi connectivity index (χ0) is 19.5. The third-order valence-corrected chi connectivity index (χ3v) is 5.27. The van der Waals surface area contributed by atoms with E-state index >= 15 is 0 Å². The molecule has 0 saturated carbocycles. The van der Waals surface area contributed by atoms with Gasteiger partial charge in [0.25, 0.3) is 5.91 Å². The maximum atomic E-state index is 12.1. The molecule has 1 aromatic heterocycles. The van der Waals surface area contributed by atoms with Crippen molar-refractivity contribution in [2.24, 2.45) is 0 Å². The lowest BCUT2D eigenvalue weighted by molar-refractivity contribution is -0.115. The Bertz CT molecular complexity index is 1070. The number of carbonyl (C=O) groups excluding carboxylic acids is 1. The number of nitrogens with one attached hydrogen (secondary N) is 1. The first-order valence-electron chi connectivity index (χ1n) is 8.77. The number of aromatic nitrogens is 2. The summed E-state index contributed by atoms with van der Waals surface area (Å²) in [4.78, 5) is 12.7. The summed E-state index contributed by atoms with van der Waals surface area (Å²) in [6.45, 7) is 2.54. The van der Waals surface area contributed by atoms with E-state index in [-0.39, 0.29) is 5.91 Å². The number of thioether (sulfide) groups is 1. The minimum Gasteiger partial charge on any atom is -0.494 e. The summed E-state index contributed by atoms with van der Waals surface area (Å²) in [5.74, 6) is 0.596. The van der Waals surface area contributed by atoms with E-state index in [1.807, 2.05) is 78.5 Å². The Morgan fingerprint density at radius 3 is 2.75 bits per heavy atom. The Morgan fingerprint density at radius 1 is 1.21 bits per heavy atom. The van der Waals surface area contributed by atoms with Crippen LogP contribution in [0, 0.1) is 0 Å². The summed E-state index contributed by atoms with van der Waals surface area (Å²) in [5.41, 5.74) is 3.45. The van der Waals surface area contributed by atoms with Crippen molar-refractivity contribution >= 4 is 40.3 Å². The Labute approximate surface area is 172 Å². The molecular weight excluding hydrogens is 390 g/mol. The molecule has 2 heterocycles. The SMILES string of the molecule is CCOc1cccc(-c2nn(-c3ccccc3)cc2C=C2SC(=S)NC2=O)c1. The number of thiocarbonyl (C=S) groups is 1. The van der Waals surface area contributed by atoms with Gasteiger partial charge in [-0.3, -0.25) is 4.79 Å². The topological polar surface area (TPSA) is 56.1 Å². The molecule has 0 spiro atoms. The molecule has 0 atom stereocenters. The molecule has 0 unspecified atom stereocenters. The van der Waals surface area contributed by atoms with Gasteiger partial charge < -0.3 is 10.1 Å². The van der Waals surface area contributed by atoms with E-state index in [4.69, 9.17) is 22.1 Å². The third kappa shape index (κ3) is 3.85. The van der Waals surface area contributed by atoms with Gasteiger partial charge >= 0.3 is 0 Å². The normalized spacial score (nSPS) is 15.1. The van der Waals surface area contributed by atoms with Crippen LogP contribution in [0.1, 0.15) is 12.5 Å².